The van der Waals surface area contributed by atoms with E-state index in [0.29, 0.717) is 24.9 Å². The summed E-state index contributed by atoms with van der Waals surface area (Å²) in [4.78, 5) is 26.5. The molecule has 2 aromatic rings. The standard InChI is InChI=1S/C23H24F2N2O5S/c1-32-23(29)18-5-2-3-7-21(18)33(30,31)26-11-8-15(9-12-26)22(28)27-10-4-6-17-19(25)13-16(24)14-20(17)27/h2-3,5,7,13-15H,4,6,8-12H2,1H3. The highest BCUT2D eigenvalue weighted by Crippen LogP contribution is 2.34. The average Bonchev–Trinajstić information content (AvgIpc) is 2.82. The highest BCUT2D eigenvalue weighted by Gasteiger charge is 2.37. The third kappa shape index (κ3) is 4.37. The Kier molecular flexibility index (Phi) is 6.49. The molecule has 33 heavy (non-hydrogen) atoms. The Labute approximate surface area is 191 Å². The third-order valence-electron chi connectivity index (χ3n) is 6.22. The smallest absolute Gasteiger partial charge is 0.339 e. The highest BCUT2D eigenvalue weighted by atomic mass is 32.2. The second-order valence-electron chi connectivity index (χ2n) is 8.14. The van der Waals surface area contributed by atoms with Crippen LogP contribution in [0.2, 0.25) is 0 Å². The third-order valence-corrected chi connectivity index (χ3v) is 8.17. The molecule has 0 atom stereocenters. The fourth-order valence-electron chi connectivity index (χ4n) is 4.51. The number of hydrogen-bond donors (Lipinski definition) is 0. The van der Waals surface area contributed by atoms with E-state index in [0.717, 1.165) is 6.07 Å². The topological polar surface area (TPSA) is 84.0 Å². The van der Waals surface area contributed by atoms with Crippen LogP contribution in [0.5, 0.6) is 0 Å². The summed E-state index contributed by atoms with van der Waals surface area (Å²) in [7, 11) is -2.79. The Morgan fingerprint density at radius 3 is 2.45 bits per heavy atom. The van der Waals surface area contributed by atoms with E-state index >= 15 is 0 Å². The Morgan fingerprint density at radius 1 is 1.06 bits per heavy atom. The molecule has 1 saturated heterocycles. The summed E-state index contributed by atoms with van der Waals surface area (Å²) in [5.41, 5.74) is 0.536. The van der Waals surface area contributed by atoms with Gasteiger partial charge in [-0.25, -0.2) is 22.0 Å². The van der Waals surface area contributed by atoms with E-state index in [1.165, 1.54) is 40.6 Å². The summed E-state index contributed by atoms with van der Waals surface area (Å²) < 4.78 is 60.3. The Hall–Kier alpha value is -2.85. The largest absolute Gasteiger partial charge is 0.465 e. The van der Waals surface area contributed by atoms with Gasteiger partial charge in [0.15, 0.2) is 0 Å². The van der Waals surface area contributed by atoms with Gasteiger partial charge in [-0.3, -0.25) is 4.79 Å². The first-order chi connectivity index (χ1) is 15.7. The van der Waals surface area contributed by atoms with Gasteiger partial charge in [0.05, 0.1) is 23.3 Å². The minimum absolute atomic E-state index is 0.0489. The molecule has 0 aliphatic carbocycles. The highest BCUT2D eigenvalue weighted by molar-refractivity contribution is 7.89. The number of esters is 1. The van der Waals surface area contributed by atoms with Gasteiger partial charge >= 0.3 is 5.97 Å². The van der Waals surface area contributed by atoms with Crippen molar-refractivity contribution in [1.82, 2.24) is 4.31 Å². The maximum absolute atomic E-state index is 14.2. The van der Waals surface area contributed by atoms with Crippen molar-refractivity contribution in [3.05, 3.63) is 59.2 Å². The Balaban J connectivity index is 1.51. The zero-order valence-corrected chi connectivity index (χ0v) is 18.9. The maximum atomic E-state index is 14.2. The van der Waals surface area contributed by atoms with Gasteiger partial charge < -0.3 is 9.64 Å². The van der Waals surface area contributed by atoms with Gasteiger partial charge in [0, 0.05) is 37.2 Å². The average molecular weight is 479 g/mol. The van der Waals surface area contributed by atoms with Crippen molar-refractivity contribution >= 4 is 27.6 Å². The summed E-state index contributed by atoms with van der Waals surface area (Å²) in [6, 6.07) is 7.83. The molecule has 2 heterocycles. The molecule has 0 saturated carbocycles. The van der Waals surface area contributed by atoms with Crippen LogP contribution in [0.1, 0.15) is 35.2 Å². The number of methoxy groups -OCH3 is 1. The molecule has 7 nitrogen and oxygen atoms in total. The molecule has 1 fully saturated rings. The number of carbonyl (C=O) groups is 2. The molecule has 0 unspecified atom stereocenters. The molecule has 0 spiro atoms. The lowest BCUT2D eigenvalue weighted by atomic mass is 9.93. The number of benzene rings is 2. The van der Waals surface area contributed by atoms with Crippen molar-refractivity contribution in [2.45, 2.75) is 30.6 Å². The van der Waals surface area contributed by atoms with Gasteiger partial charge in [0.25, 0.3) is 0 Å². The van der Waals surface area contributed by atoms with Crippen molar-refractivity contribution in [3.63, 3.8) is 0 Å². The lowest BCUT2D eigenvalue weighted by molar-refractivity contribution is -0.123. The Bertz CT molecular complexity index is 1190. The number of anilines is 1. The van der Waals surface area contributed by atoms with Crippen LogP contribution in [0.4, 0.5) is 14.5 Å². The fraction of sp³-hybridized carbons (Fsp3) is 0.391. The van der Waals surface area contributed by atoms with Crippen LogP contribution in [0, 0.1) is 17.6 Å². The summed E-state index contributed by atoms with van der Waals surface area (Å²) in [6.07, 6.45) is 1.53. The van der Waals surface area contributed by atoms with E-state index in [1.807, 2.05) is 0 Å². The number of halogens is 2. The summed E-state index contributed by atoms with van der Waals surface area (Å²) in [5.74, 6) is -2.87. The second-order valence-corrected chi connectivity index (χ2v) is 10.1. The van der Waals surface area contributed by atoms with Gasteiger partial charge in [-0.15, -0.1) is 0 Å². The minimum Gasteiger partial charge on any atom is -0.465 e. The number of sulfonamides is 1. The monoisotopic (exact) mass is 478 g/mol. The van der Waals surface area contributed by atoms with Gasteiger partial charge in [-0.2, -0.15) is 4.31 Å². The number of nitrogens with zero attached hydrogens (tertiary/aromatic N) is 2. The molecule has 176 valence electrons. The number of rotatable bonds is 4. The van der Waals surface area contributed by atoms with Crippen molar-refractivity contribution in [2.24, 2.45) is 5.92 Å². The van der Waals surface area contributed by atoms with Crippen molar-refractivity contribution < 1.29 is 31.5 Å². The lowest BCUT2D eigenvalue weighted by Crippen LogP contribution is -2.46. The zero-order chi connectivity index (χ0) is 23.8. The molecule has 4 rings (SSSR count). The van der Waals surface area contributed by atoms with Crippen LogP contribution in [0.15, 0.2) is 41.3 Å². The number of carbonyl (C=O) groups excluding carboxylic acids is 2. The van der Waals surface area contributed by atoms with Crippen LogP contribution in [0.3, 0.4) is 0 Å². The molecule has 2 aliphatic rings. The number of amides is 1. The molecular formula is C23H24F2N2O5S. The van der Waals surface area contributed by atoms with E-state index in [2.05, 4.69) is 0 Å². The van der Waals surface area contributed by atoms with Gasteiger partial charge in [-0.1, -0.05) is 12.1 Å². The van der Waals surface area contributed by atoms with Crippen molar-refractivity contribution in [2.75, 3.05) is 31.6 Å². The van der Waals surface area contributed by atoms with Crippen LogP contribution in [-0.2, 0) is 26.0 Å². The molecule has 1 amide bonds. The number of ether oxygens (including phenoxy) is 1. The van der Waals surface area contributed by atoms with Gasteiger partial charge in [0.2, 0.25) is 15.9 Å². The number of fused-ring (bicyclic) bond motifs is 1. The summed E-state index contributed by atoms with van der Waals surface area (Å²) in [5, 5.41) is 0. The van der Waals surface area contributed by atoms with Crippen LogP contribution >= 0.6 is 0 Å². The molecule has 0 N–H and O–H groups in total. The quantitative estimate of drug-likeness (QED) is 0.631. The molecule has 0 radical (unpaired) electrons. The predicted molar refractivity (Wildman–Crippen MR) is 116 cm³/mol. The molecule has 2 aromatic carbocycles. The maximum Gasteiger partial charge on any atom is 0.339 e. The number of piperidine rings is 1. The van der Waals surface area contributed by atoms with Crippen LogP contribution in [-0.4, -0.2) is 51.3 Å². The molecule has 0 bridgehead atoms. The molecule has 2 aliphatic heterocycles. The van der Waals surface area contributed by atoms with Crippen molar-refractivity contribution in [3.8, 4) is 0 Å². The van der Waals surface area contributed by atoms with E-state index in [9.17, 15) is 26.8 Å². The zero-order valence-electron chi connectivity index (χ0n) is 18.1. The Morgan fingerprint density at radius 2 is 1.76 bits per heavy atom. The van der Waals surface area contributed by atoms with Gasteiger partial charge in [0.1, 0.15) is 11.6 Å². The van der Waals surface area contributed by atoms with Gasteiger partial charge in [-0.05, 0) is 43.9 Å². The first-order valence-corrected chi connectivity index (χ1v) is 12.1. The normalized spacial score (nSPS) is 17.5. The molecule has 0 aromatic heterocycles. The van der Waals surface area contributed by atoms with E-state index in [-0.39, 0.29) is 48.0 Å². The van der Waals surface area contributed by atoms with Crippen molar-refractivity contribution in [1.29, 1.82) is 0 Å². The fourth-order valence-corrected chi connectivity index (χ4v) is 6.16. The summed E-state index contributed by atoms with van der Waals surface area (Å²) >= 11 is 0. The first-order valence-electron chi connectivity index (χ1n) is 10.7. The SMILES string of the molecule is COC(=O)c1ccccc1S(=O)(=O)N1CCC(C(=O)N2CCCc3c(F)cc(F)cc32)CC1. The van der Waals surface area contributed by atoms with E-state index < -0.39 is 33.5 Å². The number of hydrogen-bond acceptors (Lipinski definition) is 5. The first kappa shape index (κ1) is 23.3. The van der Waals surface area contributed by atoms with E-state index in [1.54, 1.807) is 6.07 Å². The second kappa shape index (κ2) is 9.18. The van der Waals surface area contributed by atoms with Crippen LogP contribution < -0.4 is 4.90 Å². The van der Waals surface area contributed by atoms with Crippen LogP contribution in [0.25, 0.3) is 0 Å². The van der Waals surface area contributed by atoms with E-state index in [4.69, 9.17) is 4.74 Å². The molecular weight excluding hydrogens is 454 g/mol. The molecule has 10 heteroatoms. The minimum atomic E-state index is -3.97. The predicted octanol–water partition coefficient (Wildman–Crippen LogP) is 3.13. The lowest BCUT2D eigenvalue weighted by Gasteiger charge is -2.36. The summed E-state index contributed by atoms with van der Waals surface area (Å²) in [6.45, 7) is 0.540.